The van der Waals surface area contributed by atoms with Crippen molar-refractivity contribution in [1.29, 1.82) is 0 Å². The van der Waals surface area contributed by atoms with Crippen LogP contribution in [0, 0.1) is 11.3 Å². The second-order valence-electron chi connectivity index (χ2n) is 5.97. The molecule has 1 fully saturated rings. The first-order valence-corrected chi connectivity index (χ1v) is 6.99. The standard InChI is InChI=1S/C16H21N3/c1-11(2)16(7-8-16)10-19-14-6-5-13(17)12-4-3-9-18-15(12)14/h3-6,9,11,19H,7-8,10,17H2,1-2H3. The maximum absolute atomic E-state index is 6.00. The van der Waals surface area contributed by atoms with E-state index in [1.54, 1.807) is 0 Å². The van der Waals surface area contributed by atoms with Gasteiger partial charge in [-0.05, 0) is 48.4 Å². The van der Waals surface area contributed by atoms with E-state index in [2.05, 4.69) is 24.1 Å². The maximum Gasteiger partial charge on any atom is 0.0953 e. The molecule has 0 radical (unpaired) electrons. The van der Waals surface area contributed by atoms with E-state index in [4.69, 9.17) is 5.73 Å². The molecule has 0 bridgehead atoms. The van der Waals surface area contributed by atoms with Gasteiger partial charge in [-0.1, -0.05) is 13.8 Å². The van der Waals surface area contributed by atoms with Crippen molar-refractivity contribution in [3.05, 3.63) is 30.5 Å². The molecule has 0 spiro atoms. The zero-order chi connectivity index (χ0) is 13.5. The molecule has 1 aromatic carbocycles. The van der Waals surface area contributed by atoms with Crippen LogP contribution in [-0.2, 0) is 0 Å². The van der Waals surface area contributed by atoms with Gasteiger partial charge in [0.15, 0.2) is 0 Å². The molecule has 3 heteroatoms. The number of hydrogen-bond donors (Lipinski definition) is 2. The number of nitrogens with zero attached hydrogens (tertiary/aromatic N) is 1. The fourth-order valence-electron chi connectivity index (χ4n) is 2.73. The van der Waals surface area contributed by atoms with E-state index >= 15 is 0 Å². The number of nitrogen functional groups attached to an aromatic ring is 1. The molecule has 3 N–H and O–H groups in total. The monoisotopic (exact) mass is 255 g/mol. The van der Waals surface area contributed by atoms with Crippen LogP contribution in [-0.4, -0.2) is 11.5 Å². The highest BCUT2D eigenvalue weighted by Gasteiger charge is 2.44. The number of hydrogen-bond acceptors (Lipinski definition) is 3. The van der Waals surface area contributed by atoms with Crippen molar-refractivity contribution >= 4 is 22.3 Å². The SMILES string of the molecule is CC(C)C1(CNc2ccc(N)c3cccnc23)CC1. The van der Waals surface area contributed by atoms with Crippen molar-refractivity contribution in [2.24, 2.45) is 11.3 Å². The predicted molar refractivity (Wildman–Crippen MR) is 81.2 cm³/mol. The average molecular weight is 255 g/mol. The van der Waals surface area contributed by atoms with E-state index in [0.717, 1.165) is 34.7 Å². The first-order valence-electron chi connectivity index (χ1n) is 6.99. The average Bonchev–Trinajstić information content (AvgIpc) is 3.20. The second-order valence-corrected chi connectivity index (χ2v) is 5.97. The summed E-state index contributed by atoms with van der Waals surface area (Å²) in [6.45, 7) is 5.66. The largest absolute Gasteiger partial charge is 0.398 e. The Kier molecular flexibility index (Phi) is 2.85. The molecule has 1 saturated carbocycles. The number of fused-ring (bicyclic) bond motifs is 1. The lowest BCUT2D eigenvalue weighted by Gasteiger charge is -2.21. The van der Waals surface area contributed by atoms with Gasteiger partial charge < -0.3 is 11.1 Å². The molecular weight excluding hydrogens is 234 g/mol. The quantitative estimate of drug-likeness (QED) is 0.820. The van der Waals surface area contributed by atoms with Gasteiger partial charge in [-0.25, -0.2) is 0 Å². The molecule has 0 saturated heterocycles. The summed E-state index contributed by atoms with van der Waals surface area (Å²) >= 11 is 0. The molecule has 0 unspecified atom stereocenters. The summed E-state index contributed by atoms with van der Waals surface area (Å²) in [6, 6.07) is 7.96. The summed E-state index contributed by atoms with van der Waals surface area (Å²) < 4.78 is 0. The van der Waals surface area contributed by atoms with Gasteiger partial charge >= 0.3 is 0 Å². The molecule has 1 heterocycles. The fourth-order valence-corrected chi connectivity index (χ4v) is 2.73. The van der Waals surface area contributed by atoms with Crippen molar-refractivity contribution in [2.45, 2.75) is 26.7 Å². The highest BCUT2D eigenvalue weighted by molar-refractivity contribution is 5.98. The number of aromatic nitrogens is 1. The Morgan fingerprint density at radius 1 is 1.32 bits per heavy atom. The van der Waals surface area contributed by atoms with E-state index in [1.165, 1.54) is 12.8 Å². The number of benzene rings is 1. The van der Waals surface area contributed by atoms with Crippen LogP contribution in [0.15, 0.2) is 30.5 Å². The zero-order valence-electron chi connectivity index (χ0n) is 11.6. The topological polar surface area (TPSA) is 50.9 Å². The van der Waals surface area contributed by atoms with Crippen molar-refractivity contribution in [3.63, 3.8) is 0 Å². The highest BCUT2D eigenvalue weighted by Crippen LogP contribution is 2.51. The summed E-state index contributed by atoms with van der Waals surface area (Å²) in [5.41, 5.74) is 9.35. The van der Waals surface area contributed by atoms with Crippen LogP contribution in [0.4, 0.5) is 11.4 Å². The maximum atomic E-state index is 6.00. The summed E-state index contributed by atoms with van der Waals surface area (Å²) in [5, 5.41) is 4.61. The Morgan fingerprint density at radius 3 is 2.79 bits per heavy atom. The molecule has 3 rings (SSSR count). The van der Waals surface area contributed by atoms with Gasteiger partial charge in [-0.3, -0.25) is 4.98 Å². The third-order valence-corrected chi connectivity index (χ3v) is 4.55. The fraction of sp³-hybridized carbons (Fsp3) is 0.438. The van der Waals surface area contributed by atoms with Crippen molar-refractivity contribution in [1.82, 2.24) is 4.98 Å². The van der Waals surface area contributed by atoms with E-state index < -0.39 is 0 Å². The molecule has 2 aromatic rings. The van der Waals surface area contributed by atoms with Gasteiger partial charge in [0, 0.05) is 23.8 Å². The summed E-state index contributed by atoms with van der Waals surface area (Å²) in [7, 11) is 0. The van der Waals surface area contributed by atoms with Gasteiger partial charge in [-0.2, -0.15) is 0 Å². The predicted octanol–water partition coefficient (Wildman–Crippen LogP) is 3.67. The van der Waals surface area contributed by atoms with E-state index in [-0.39, 0.29) is 0 Å². The van der Waals surface area contributed by atoms with Gasteiger partial charge in [0.25, 0.3) is 0 Å². The van der Waals surface area contributed by atoms with Crippen LogP contribution in [0.3, 0.4) is 0 Å². The van der Waals surface area contributed by atoms with E-state index in [0.29, 0.717) is 5.41 Å². The minimum absolute atomic E-state index is 0.489. The van der Waals surface area contributed by atoms with Crippen LogP contribution >= 0.6 is 0 Å². The number of rotatable bonds is 4. The number of pyridine rings is 1. The Bertz CT molecular complexity index is 600. The lowest BCUT2D eigenvalue weighted by atomic mass is 9.92. The lowest BCUT2D eigenvalue weighted by molar-refractivity contribution is 0.380. The molecule has 1 aliphatic carbocycles. The summed E-state index contributed by atoms with van der Waals surface area (Å²) in [4.78, 5) is 4.47. The van der Waals surface area contributed by atoms with E-state index in [1.807, 2.05) is 30.5 Å². The molecule has 0 amide bonds. The molecule has 100 valence electrons. The van der Waals surface area contributed by atoms with Crippen LogP contribution in [0.1, 0.15) is 26.7 Å². The van der Waals surface area contributed by atoms with Crippen LogP contribution in [0.5, 0.6) is 0 Å². The number of nitrogens with one attached hydrogen (secondary N) is 1. The Balaban J connectivity index is 1.88. The Morgan fingerprint density at radius 2 is 2.11 bits per heavy atom. The summed E-state index contributed by atoms with van der Waals surface area (Å²) in [6.07, 6.45) is 4.48. The van der Waals surface area contributed by atoms with Gasteiger partial charge in [-0.15, -0.1) is 0 Å². The number of nitrogens with two attached hydrogens (primary N) is 1. The summed E-state index contributed by atoms with van der Waals surface area (Å²) in [5.74, 6) is 0.730. The van der Waals surface area contributed by atoms with Gasteiger partial charge in [0.2, 0.25) is 0 Å². The van der Waals surface area contributed by atoms with Crippen LogP contribution in [0.2, 0.25) is 0 Å². The first kappa shape index (κ1) is 12.3. The first-order chi connectivity index (χ1) is 9.12. The van der Waals surface area contributed by atoms with Crippen LogP contribution in [0.25, 0.3) is 10.9 Å². The lowest BCUT2D eigenvalue weighted by Crippen LogP contribution is -2.21. The minimum Gasteiger partial charge on any atom is -0.398 e. The second kappa shape index (κ2) is 4.41. The Hall–Kier alpha value is -1.77. The Labute approximate surface area is 114 Å². The van der Waals surface area contributed by atoms with Crippen LogP contribution < -0.4 is 11.1 Å². The highest BCUT2D eigenvalue weighted by atomic mass is 14.9. The van der Waals surface area contributed by atoms with E-state index in [9.17, 15) is 0 Å². The minimum atomic E-state index is 0.489. The van der Waals surface area contributed by atoms with Crippen molar-refractivity contribution in [3.8, 4) is 0 Å². The molecule has 19 heavy (non-hydrogen) atoms. The molecule has 0 atom stereocenters. The zero-order valence-corrected chi connectivity index (χ0v) is 11.6. The molecule has 1 aliphatic rings. The third-order valence-electron chi connectivity index (χ3n) is 4.55. The molecule has 3 nitrogen and oxygen atoms in total. The van der Waals surface area contributed by atoms with Gasteiger partial charge in [0.05, 0.1) is 11.2 Å². The molecule has 1 aromatic heterocycles. The third kappa shape index (κ3) is 2.14. The van der Waals surface area contributed by atoms with Gasteiger partial charge in [0.1, 0.15) is 0 Å². The molecular formula is C16H21N3. The number of anilines is 2. The van der Waals surface area contributed by atoms with Crippen molar-refractivity contribution < 1.29 is 0 Å². The normalized spacial score (nSPS) is 16.8. The molecule has 0 aliphatic heterocycles. The van der Waals surface area contributed by atoms with Crippen molar-refractivity contribution in [2.75, 3.05) is 17.6 Å². The smallest absolute Gasteiger partial charge is 0.0953 e.